The summed E-state index contributed by atoms with van der Waals surface area (Å²) in [5, 5.41) is 9.85. The second-order valence-corrected chi connectivity index (χ2v) is 8.70. The van der Waals surface area contributed by atoms with Crippen molar-refractivity contribution in [3.05, 3.63) is 109 Å². The highest BCUT2D eigenvalue weighted by Crippen LogP contribution is 2.35. The van der Waals surface area contributed by atoms with Gasteiger partial charge in [-0.2, -0.15) is 5.10 Å². The molecule has 2 heterocycles. The summed E-state index contributed by atoms with van der Waals surface area (Å²) in [5.41, 5.74) is 8.76. The molecule has 0 radical (unpaired) electrons. The molecule has 0 aliphatic heterocycles. The SMILES string of the molecule is C=C/C(=C\C(=C/C)c1ccc2[nH]nc(-c3cc4c(-c5cccc(F)c5)cccc4[nH]3)c2c1)N(C)C. The van der Waals surface area contributed by atoms with Crippen molar-refractivity contribution in [2.45, 2.75) is 6.92 Å². The summed E-state index contributed by atoms with van der Waals surface area (Å²) in [6, 6.07) is 21.1. The van der Waals surface area contributed by atoms with E-state index in [1.807, 2.05) is 56.3 Å². The fourth-order valence-electron chi connectivity index (χ4n) is 4.45. The molecule has 0 aliphatic rings. The molecule has 5 aromatic rings. The molecule has 0 amide bonds. The van der Waals surface area contributed by atoms with E-state index in [9.17, 15) is 4.39 Å². The molecular weight excluding hydrogens is 435 g/mol. The van der Waals surface area contributed by atoms with Crippen LogP contribution in [0.5, 0.6) is 0 Å². The van der Waals surface area contributed by atoms with Gasteiger partial charge in [0.25, 0.3) is 0 Å². The molecule has 5 heteroatoms. The number of fused-ring (bicyclic) bond motifs is 2. The average molecular weight is 463 g/mol. The minimum Gasteiger partial charge on any atom is -0.378 e. The molecule has 2 N–H and O–H groups in total. The van der Waals surface area contributed by atoms with Gasteiger partial charge in [-0.15, -0.1) is 0 Å². The maximum Gasteiger partial charge on any atom is 0.123 e. The summed E-state index contributed by atoms with van der Waals surface area (Å²) in [7, 11) is 4.01. The topological polar surface area (TPSA) is 47.7 Å². The third kappa shape index (κ3) is 4.17. The highest BCUT2D eigenvalue weighted by atomic mass is 19.1. The number of hydrogen-bond acceptors (Lipinski definition) is 2. The summed E-state index contributed by atoms with van der Waals surface area (Å²) < 4.78 is 13.9. The fraction of sp³-hybridized carbons (Fsp3) is 0.100. The number of nitrogens with zero attached hydrogens (tertiary/aromatic N) is 2. The highest BCUT2D eigenvalue weighted by Gasteiger charge is 2.15. The number of benzene rings is 3. The smallest absolute Gasteiger partial charge is 0.123 e. The molecule has 0 aliphatic carbocycles. The Morgan fingerprint density at radius 3 is 2.54 bits per heavy atom. The van der Waals surface area contributed by atoms with Gasteiger partial charge in [0.15, 0.2) is 0 Å². The van der Waals surface area contributed by atoms with Gasteiger partial charge in [0.2, 0.25) is 0 Å². The van der Waals surface area contributed by atoms with Gasteiger partial charge in [0, 0.05) is 36.1 Å². The number of H-pyrrole nitrogens is 2. The van der Waals surface area contributed by atoms with Crippen LogP contribution < -0.4 is 0 Å². The lowest BCUT2D eigenvalue weighted by Crippen LogP contribution is -2.09. The molecule has 4 nitrogen and oxygen atoms in total. The molecule has 174 valence electrons. The normalized spacial score (nSPS) is 12.5. The van der Waals surface area contributed by atoms with Gasteiger partial charge in [-0.25, -0.2) is 4.39 Å². The summed E-state index contributed by atoms with van der Waals surface area (Å²) in [6.45, 7) is 5.97. The van der Waals surface area contributed by atoms with E-state index in [1.165, 1.54) is 6.07 Å². The number of aromatic nitrogens is 3. The number of allylic oxidation sites excluding steroid dienone is 4. The van der Waals surface area contributed by atoms with Gasteiger partial charge in [-0.3, -0.25) is 5.10 Å². The number of nitrogens with one attached hydrogen (secondary N) is 2. The van der Waals surface area contributed by atoms with E-state index in [1.54, 1.807) is 12.1 Å². The largest absolute Gasteiger partial charge is 0.378 e. The lowest BCUT2D eigenvalue weighted by atomic mass is 10.0. The van der Waals surface area contributed by atoms with Gasteiger partial charge >= 0.3 is 0 Å². The first-order chi connectivity index (χ1) is 17.0. The highest BCUT2D eigenvalue weighted by molar-refractivity contribution is 6.01. The van der Waals surface area contributed by atoms with Crippen LogP contribution in [0, 0.1) is 5.82 Å². The van der Waals surface area contributed by atoms with Crippen LogP contribution >= 0.6 is 0 Å². The molecule has 35 heavy (non-hydrogen) atoms. The zero-order chi connectivity index (χ0) is 24.5. The number of likely N-dealkylation sites (N-methyl/N-ethyl adjacent to an activating group) is 1. The van der Waals surface area contributed by atoms with Crippen molar-refractivity contribution in [1.29, 1.82) is 0 Å². The molecule has 0 bridgehead atoms. The van der Waals surface area contributed by atoms with E-state index in [0.29, 0.717) is 0 Å². The van der Waals surface area contributed by atoms with Crippen molar-refractivity contribution in [1.82, 2.24) is 20.1 Å². The maximum atomic E-state index is 13.9. The molecular formula is C30H27FN4. The predicted molar refractivity (Wildman–Crippen MR) is 144 cm³/mol. The van der Waals surface area contributed by atoms with Crippen LogP contribution in [0.1, 0.15) is 12.5 Å². The predicted octanol–water partition coefficient (Wildman–Crippen LogP) is 7.55. The van der Waals surface area contributed by atoms with Crippen molar-refractivity contribution in [2.75, 3.05) is 14.1 Å². The quantitative estimate of drug-likeness (QED) is 0.256. The second kappa shape index (κ2) is 9.11. The Morgan fingerprint density at radius 1 is 0.971 bits per heavy atom. The van der Waals surface area contributed by atoms with E-state index in [4.69, 9.17) is 0 Å². The van der Waals surface area contributed by atoms with Gasteiger partial charge in [-0.05, 0) is 77.7 Å². The minimum absolute atomic E-state index is 0.246. The van der Waals surface area contributed by atoms with Crippen LogP contribution in [-0.2, 0) is 0 Å². The van der Waals surface area contributed by atoms with E-state index in [-0.39, 0.29) is 5.82 Å². The van der Waals surface area contributed by atoms with Crippen LogP contribution in [0.25, 0.3) is 49.9 Å². The van der Waals surface area contributed by atoms with Gasteiger partial charge in [-0.1, -0.05) is 43.0 Å². The van der Waals surface area contributed by atoms with E-state index in [0.717, 1.165) is 61.2 Å². The molecule has 0 unspecified atom stereocenters. The third-order valence-corrected chi connectivity index (χ3v) is 6.29. The first-order valence-corrected chi connectivity index (χ1v) is 11.5. The first-order valence-electron chi connectivity index (χ1n) is 11.5. The maximum absolute atomic E-state index is 13.9. The summed E-state index contributed by atoms with van der Waals surface area (Å²) in [6.07, 6.45) is 6.08. The van der Waals surface area contributed by atoms with Gasteiger partial charge in [0.05, 0.1) is 11.2 Å². The number of halogens is 1. The zero-order valence-corrected chi connectivity index (χ0v) is 20.1. The lowest BCUT2D eigenvalue weighted by Gasteiger charge is -2.14. The number of hydrogen-bond donors (Lipinski definition) is 2. The molecule has 0 atom stereocenters. The molecule has 0 fully saturated rings. The second-order valence-electron chi connectivity index (χ2n) is 8.70. The van der Waals surface area contributed by atoms with Crippen LogP contribution in [0.2, 0.25) is 0 Å². The molecule has 3 aromatic carbocycles. The monoisotopic (exact) mass is 462 g/mol. The van der Waals surface area contributed by atoms with Crippen molar-refractivity contribution < 1.29 is 4.39 Å². The standard InChI is InChI=1S/C30H27FN4/c1-5-19(16-23(6-2)35(3)4)20-13-14-28-26(17-20)30(34-33-28)29-18-25-24(11-8-12-27(25)32-29)21-9-7-10-22(31)15-21/h5-18,32H,2H2,1,3-4H3,(H,33,34)/b19-5+,23-16+. The Morgan fingerprint density at radius 2 is 1.80 bits per heavy atom. The minimum atomic E-state index is -0.246. The number of aromatic amines is 2. The Hall–Kier alpha value is -4.38. The Labute approximate surface area is 204 Å². The van der Waals surface area contributed by atoms with Crippen LogP contribution in [0.4, 0.5) is 4.39 Å². The molecule has 0 saturated heterocycles. The lowest BCUT2D eigenvalue weighted by molar-refractivity contribution is 0.530. The van der Waals surface area contributed by atoms with Gasteiger partial charge in [0.1, 0.15) is 11.5 Å². The Balaban J connectivity index is 1.62. The fourth-order valence-corrected chi connectivity index (χ4v) is 4.45. The Kier molecular flexibility index (Phi) is 5.83. The Bertz CT molecular complexity index is 1610. The zero-order valence-electron chi connectivity index (χ0n) is 20.1. The van der Waals surface area contributed by atoms with Crippen molar-refractivity contribution in [3.63, 3.8) is 0 Å². The third-order valence-electron chi connectivity index (χ3n) is 6.29. The van der Waals surface area contributed by atoms with Crippen molar-refractivity contribution in [2.24, 2.45) is 0 Å². The molecule has 0 saturated carbocycles. The molecule has 0 spiro atoms. The van der Waals surface area contributed by atoms with Crippen LogP contribution in [-0.4, -0.2) is 34.2 Å². The van der Waals surface area contributed by atoms with E-state index >= 15 is 0 Å². The first kappa shape index (κ1) is 22.4. The molecule has 2 aromatic heterocycles. The summed E-state index contributed by atoms with van der Waals surface area (Å²) in [4.78, 5) is 5.55. The van der Waals surface area contributed by atoms with Crippen LogP contribution in [0.15, 0.2) is 97.2 Å². The van der Waals surface area contributed by atoms with Crippen molar-refractivity contribution >= 4 is 27.4 Å². The van der Waals surface area contributed by atoms with E-state index in [2.05, 4.69) is 58.2 Å². The average Bonchev–Trinajstić information content (AvgIpc) is 3.48. The van der Waals surface area contributed by atoms with Gasteiger partial charge < -0.3 is 9.88 Å². The van der Waals surface area contributed by atoms with E-state index < -0.39 is 0 Å². The van der Waals surface area contributed by atoms with Crippen molar-refractivity contribution in [3.8, 4) is 22.5 Å². The summed E-state index contributed by atoms with van der Waals surface area (Å²) in [5.74, 6) is -0.246. The van der Waals surface area contributed by atoms with Crippen LogP contribution in [0.3, 0.4) is 0 Å². The molecule has 5 rings (SSSR count). The summed E-state index contributed by atoms with van der Waals surface area (Å²) >= 11 is 0. The number of rotatable bonds is 6.